The largest absolute Gasteiger partial charge is 0.356 e. The third-order valence-electron chi connectivity index (χ3n) is 3.83. The van der Waals surface area contributed by atoms with Gasteiger partial charge in [-0.2, -0.15) is 0 Å². The van der Waals surface area contributed by atoms with E-state index < -0.39 is 0 Å². The summed E-state index contributed by atoms with van der Waals surface area (Å²) in [4.78, 5) is 27.6. The van der Waals surface area contributed by atoms with Crippen LogP contribution in [0.3, 0.4) is 0 Å². The van der Waals surface area contributed by atoms with Crippen molar-refractivity contribution in [1.29, 1.82) is 0 Å². The fourth-order valence-electron chi connectivity index (χ4n) is 2.49. The Hall–Kier alpha value is -1.96. The minimum atomic E-state index is -0.120. The van der Waals surface area contributed by atoms with E-state index in [2.05, 4.69) is 5.32 Å². The Morgan fingerprint density at radius 1 is 1.19 bits per heavy atom. The van der Waals surface area contributed by atoms with Crippen LogP contribution in [-0.2, 0) is 16.0 Å². The zero-order valence-corrected chi connectivity index (χ0v) is 16.5. The van der Waals surface area contributed by atoms with E-state index in [1.165, 1.54) is 22.2 Å². The summed E-state index contributed by atoms with van der Waals surface area (Å²) >= 11 is 8.16. The number of nitrogens with zero attached hydrogens (tertiary/aromatic N) is 1. The van der Waals surface area contributed by atoms with Gasteiger partial charge in [0.15, 0.2) is 0 Å². The number of benzene rings is 1. The van der Waals surface area contributed by atoms with Crippen LogP contribution in [-0.4, -0.2) is 34.1 Å². The number of thiocarbonyl (C=S) groups is 1. The van der Waals surface area contributed by atoms with Gasteiger partial charge in [-0.05, 0) is 29.5 Å². The quantitative estimate of drug-likeness (QED) is 0.567. The summed E-state index contributed by atoms with van der Waals surface area (Å²) in [5.41, 5.74) is 1.18. The van der Waals surface area contributed by atoms with Crippen LogP contribution in [0.25, 0.3) is 6.08 Å². The van der Waals surface area contributed by atoms with Crippen LogP contribution in [0.4, 0.5) is 0 Å². The molecule has 2 amide bonds. The van der Waals surface area contributed by atoms with Crippen molar-refractivity contribution in [3.05, 3.63) is 63.2 Å². The fourth-order valence-corrected chi connectivity index (χ4v) is 4.52. The molecule has 7 heteroatoms. The number of rotatable bonds is 7. The smallest absolute Gasteiger partial charge is 0.266 e. The normalized spacial score (nSPS) is 15.7. The van der Waals surface area contributed by atoms with Crippen molar-refractivity contribution in [3.8, 4) is 0 Å². The van der Waals surface area contributed by atoms with Crippen LogP contribution >= 0.6 is 35.3 Å². The van der Waals surface area contributed by atoms with Gasteiger partial charge in [0, 0.05) is 24.4 Å². The number of nitrogens with one attached hydrogen (secondary N) is 1. The van der Waals surface area contributed by atoms with Gasteiger partial charge in [-0.1, -0.05) is 60.4 Å². The van der Waals surface area contributed by atoms with Crippen LogP contribution in [0, 0.1) is 0 Å². The molecule has 26 heavy (non-hydrogen) atoms. The highest BCUT2D eigenvalue weighted by Crippen LogP contribution is 2.33. The van der Waals surface area contributed by atoms with Gasteiger partial charge in [0.2, 0.25) is 5.91 Å². The minimum Gasteiger partial charge on any atom is -0.356 e. The zero-order chi connectivity index (χ0) is 18.4. The molecule has 1 aromatic heterocycles. The molecular weight excluding hydrogens is 384 g/mol. The molecule has 0 aliphatic carbocycles. The first-order valence-electron chi connectivity index (χ1n) is 8.23. The van der Waals surface area contributed by atoms with Crippen LogP contribution in [0.5, 0.6) is 0 Å². The number of amides is 2. The van der Waals surface area contributed by atoms with E-state index >= 15 is 0 Å². The first kappa shape index (κ1) is 18.8. The predicted molar refractivity (Wildman–Crippen MR) is 112 cm³/mol. The van der Waals surface area contributed by atoms with Gasteiger partial charge in [0.05, 0.1) is 4.91 Å². The maximum atomic E-state index is 12.5. The molecule has 0 saturated carbocycles. The highest BCUT2D eigenvalue weighted by atomic mass is 32.2. The molecule has 1 fully saturated rings. The van der Waals surface area contributed by atoms with Crippen molar-refractivity contribution in [3.63, 3.8) is 0 Å². The van der Waals surface area contributed by atoms with E-state index in [0.29, 0.717) is 22.3 Å². The first-order chi connectivity index (χ1) is 12.6. The molecule has 0 radical (unpaired) electrons. The summed E-state index contributed by atoms with van der Waals surface area (Å²) in [5.74, 6) is -0.192. The lowest BCUT2D eigenvalue weighted by atomic mass is 10.1. The number of thioether (sulfide) groups is 1. The average Bonchev–Trinajstić information content (AvgIpc) is 3.23. The maximum Gasteiger partial charge on any atom is 0.266 e. The second-order valence-corrected chi connectivity index (χ2v) is 8.34. The topological polar surface area (TPSA) is 49.4 Å². The lowest BCUT2D eigenvalue weighted by Crippen LogP contribution is -2.34. The van der Waals surface area contributed by atoms with Crippen molar-refractivity contribution >= 4 is 57.5 Å². The van der Waals surface area contributed by atoms with Crippen LogP contribution in [0.2, 0.25) is 0 Å². The second-order valence-electron chi connectivity index (χ2n) is 5.68. The third-order valence-corrected chi connectivity index (χ3v) is 6.03. The molecule has 3 rings (SSSR count). The van der Waals surface area contributed by atoms with Crippen molar-refractivity contribution in [1.82, 2.24) is 10.2 Å². The molecule has 0 atom stereocenters. The van der Waals surface area contributed by atoms with Crippen LogP contribution in [0.15, 0.2) is 52.7 Å². The summed E-state index contributed by atoms with van der Waals surface area (Å²) in [6.07, 6.45) is 2.88. The zero-order valence-electron chi connectivity index (χ0n) is 14.0. The number of carbonyl (C=O) groups is 2. The Morgan fingerprint density at radius 3 is 2.73 bits per heavy atom. The van der Waals surface area contributed by atoms with Gasteiger partial charge in [-0.25, -0.2) is 0 Å². The van der Waals surface area contributed by atoms with Gasteiger partial charge < -0.3 is 5.32 Å². The standard InChI is InChI=1S/C19H18N2O2S3/c22-17(20-10-8-14-5-2-1-3-6-14)9-11-21-18(23)16(26-19(21)24)13-15-7-4-12-25-15/h1-7,12-13H,8-11H2,(H,20,22)/b16-13+. The van der Waals surface area contributed by atoms with Crippen molar-refractivity contribution < 1.29 is 9.59 Å². The van der Waals surface area contributed by atoms with Crippen LogP contribution < -0.4 is 5.32 Å². The summed E-state index contributed by atoms with van der Waals surface area (Å²) in [7, 11) is 0. The van der Waals surface area contributed by atoms with E-state index in [1.807, 2.05) is 53.9 Å². The van der Waals surface area contributed by atoms with Crippen molar-refractivity contribution in [2.24, 2.45) is 0 Å². The Kier molecular flexibility index (Phi) is 6.60. The Labute approximate surface area is 166 Å². The average molecular weight is 403 g/mol. The highest BCUT2D eigenvalue weighted by Gasteiger charge is 2.32. The summed E-state index contributed by atoms with van der Waals surface area (Å²) in [5, 5.41) is 4.86. The molecule has 1 aliphatic rings. The number of carbonyl (C=O) groups excluding carboxylic acids is 2. The fraction of sp³-hybridized carbons (Fsp3) is 0.211. The molecule has 4 nitrogen and oxygen atoms in total. The molecule has 2 heterocycles. The minimum absolute atomic E-state index is 0.0720. The molecule has 0 unspecified atom stereocenters. The lowest BCUT2D eigenvalue weighted by Gasteiger charge is -2.14. The summed E-state index contributed by atoms with van der Waals surface area (Å²) < 4.78 is 0.509. The van der Waals surface area contributed by atoms with Gasteiger partial charge >= 0.3 is 0 Å². The highest BCUT2D eigenvalue weighted by molar-refractivity contribution is 8.26. The molecule has 2 aromatic rings. The Balaban J connectivity index is 1.46. The Morgan fingerprint density at radius 2 is 2.00 bits per heavy atom. The molecule has 1 saturated heterocycles. The second kappa shape index (κ2) is 9.12. The molecule has 1 aromatic carbocycles. The number of hydrogen-bond donors (Lipinski definition) is 1. The SMILES string of the molecule is O=C(CCN1C(=O)/C(=C\c2cccs2)SC1=S)NCCc1ccccc1. The van der Waals surface area contributed by atoms with E-state index in [9.17, 15) is 9.59 Å². The van der Waals surface area contributed by atoms with E-state index in [1.54, 1.807) is 11.3 Å². The number of thiophene rings is 1. The third kappa shape index (κ3) is 5.03. The van der Waals surface area contributed by atoms with Gasteiger partial charge in [0.1, 0.15) is 4.32 Å². The van der Waals surface area contributed by atoms with Gasteiger partial charge in [-0.3, -0.25) is 14.5 Å². The molecule has 1 aliphatic heterocycles. The summed E-state index contributed by atoms with van der Waals surface area (Å²) in [6.45, 7) is 0.892. The van der Waals surface area contributed by atoms with E-state index in [0.717, 1.165) is 11.3 Å². The predicted octanol–water partition coefficient (Wildman–Crippen LogP) is 3.70. The lowest BCUT2D eigenvalue weighted by molar-refractivity contribution is -0.123. The molecule has 134 valence electrons. The number of hydrogen-bond acceptors (Lipinski definition) is 5. The van der Waals surface area contributed by atoms with Gasteiger partial charge in [-0.15, -0.1) is 11.3 Å². The van der Waals surface area contributed by atoms with E-state index in [-0.39, 0.29) is 18.2 Å². The van der Waals surface area contributed by atoms with Gasteiger partial charge in [0.25, 0.3) is 5.91 Å². The molecule has 0 bridgehead atoms. The van der Waals surface area contributed by atoms with Crippen molar-refractivity contribution in [2.75, 3.05) is 13.1 Å². The summed E-state index contributed by atoms with van der Waals surface area (Å²) in [6, 6.07) is 13.9. The van der Waals surface area contributed by atoms with Crippen LogP contribution in [0.1, 0.15) is 16.9 Å². The van der Waals surface area contributed by atoms with E-state index in [4.69, 9.17) is 12.2 Å². The molecular formula is C19H18N2O2S3. The Bertz CT molecular complexity index is 817. The van der Waals surface area contributed by atoms with Crippen molar-refractivity contribution in [2.45, 2.75) is 12.8 Å². The first-order valence-corrected chi connectivity index (χ1v) is 10.3. The maximum absolute atomic E-state index is 12.5. The molecule has 0 spiro atoms. The molecule has 1 N–H and O–H groups in total. The monoisotopic (exact) mass is 402 g/mol.